The molecule has 2 aromatic rings. The highest BCUT2D eigenvalue weighted by atomic mass is 14.9. The van der Waals surface area contributed by atoms with Crippen LogP contribution in [0, 0.1) is 22.7 Å². The Labute approximate surface area is 213 Å². The molecule has 0 unspecified atom stereocenters. The van der Waals surface area contributed by atoms with Gasteiger partial charge in [0.1, 0.15) is 0 Å². The van der Waals surface area contributed by atoms with Crippen LogP contribution in [0.4, 0.5) is 0 Å². The molecule has 3 heteroatoms. The van der Waals surface area contributed by atoms with Crippen LogP contribution >= 0.6 is 0 Å². The van der Waals surface area contributed by atoms with E-state index >= 15 is 0 Å². The molecule has 0 saturated heterocycles. The zero-order valence-corrected chi connectivity index (χ0v) is 22.1. The van der Waals surface area contributed by atoms with E-state index in [2.05, 4.69) is 56.6 Å². The van der Waals surface area contributed by atoms with Crippen LogP contribution < -0.4 is 0 Å². The smallest absolute Gasteiger partial charge is 0.159 e. The molecular weight excluding hydrogens is 426 g/mol. The summed E-state index contributed by atoms with van der Waals surface area (Å²) in [5, 5.41) is 9.78. The van der Waals surface area contributed by atoms with Gasteiger partial charge in [-0.05, 0) is 86.7 Å². The van der Waals surface area contributed by atoms with Gasteiger partial charge in [-0.15, -0.1) is 0 Å². The first-order valence-corrected chi connectivity index (χ1v) is 14.5. The number of hydrogen-bond donors (Lipinski definition) is 0. The molecule has 0 spiro atoms. The molecular formula is C32H45N3. The van der Waals surface area contributed by atoms with E-state index in [1.165, 1.54) is 75.3 Å². The van der Waals surface area contributed by atoms with Crippen molar-refractivity contribution < 1.29 is 0 Å². The summed E-state index contributed by atoms with van der Waals surface area (Å²) >= 11 is 0. The van der Waals surface area contributed by atoms with Crippen molar-refractivity contribution >= 4 is 0 Å². The van der Waals surface area contributed by atoms with Gasteiger partial charge in [-0.2, -0.15) is 5.26 Å². The minimum absolute atomic E-state index is 0.0731. The van der Waals surface area contributed by atoms with Crippen molar-refractivity contribution in [1.29, 1.82) is 5.26 Å². The van der Waals surface area contributed by atoms with Crippen LogP contribution in [0.25, 0.3) is 11.4 Å². The fourth-order valence-corrected chi connectivity index (χ4v) is 6.51. The third kappa shape index (κ3) is 6.72. The Kier molecular flexibility index (Phi) is 9.36. The van der Waals surface area contributed by atoms with Crippen LogP contribution in [-0.4, -0.2) is 9.97 Å². The Bertz CT molecular complexity index is 924. The molecule has 0 aliphatic heterocycles. The van der Waals surface area contributed by atoms with Gasteiger partial charge in [-0.25, -0.2) is 9.97 Å². The van der Waals surface area contributed by atoms with E-state index in [1.54, 1.807) is 0 Å². The largest absolute Gasteiger partial charge is 0.236 e. The predicted molar refractivity (Wildman–Crippen MR) is 145 cm³/mol. The second kappa shape index (κ2) is 12.7. The van der Waals surface area contributed by atoms with Gasteiger partial charge in [0.25, 0.3) is 0 Å². The van der Waals surface area contributed by atoms with Crippen LogP contribution in [0.5, 0.6) is 0 Å². The Morgan fingerprint density at radius 3 is 2.03 bits per heavy atom. The summed E-state index contributed by atoms with van der Waals surface area (Å²) in [5.74, 6) is 2.99. The number of hydrogen-bond acceptors (Lipinski definition) is 3. The molecule has 0 amide bonds. The van der Waals surface area contributed by atoms with Gasteiger partial charge in [0.2, 0.25) is 0 Å². The first kappa shape index (κ1) is 25.9. The zero-order chi connectivity index (χ0) is 24.5. The quantitative estimate of drug-likeness (QED) is 0.324. The predicted octanol–water partition coefficient (Wildman–Crippen LogP) is 9.36. The Morgan fingerprint density at radius 2 is 1.43 bits per heavy atom. The van der Waals surface area contributed by atoms with Crippen molar-refractivity contribution in [3.05, 3.63) is 47.8 Å². The van der Waals surface area contributed by atoms with E-state index in [1.807, 2.05) is 0 Å². The third-order valence-corrected chi connectivity index (χ3v) is 9.03. The maximum absolute atomic E-state index is 9.78. The molecule has 2 fully saturated rings. The van der Waals surface area contributed by atoms with Gasteiger partial charge >= 0.3 is 0 Å². The number of aromatic nitrogens is 2. The molecule has 1 aromatic carbocycles. The van der Waals surface area contributed by atoms with Crippen LogP contribution in [0.3, 0.4) is 0 Å². The average molecular weight is 472 g/mol. The second-order valence-corrected chi connectivity index (χ2v) is 11.4. The molecule has 0 radical (unpaired) electrons. The normalized spacial score (nSPS) is 26.8. The topological polar surface area (TPSA) is 49.6 Å². The van der Waals surface area contributed by atoms with E-state index in [4.69, 9.17) is 9.97 Å². The second-order valence-electron chi connectivity index (χ2n) is 11.4. The number of unbranched alkanes of at least 4 members (excludes halogenated alkanes) is 3. The van der Waals surface area contributed by atoms with E-state index in [0.717, 1.165) is 49.4 Å². The van der Waals surface area contributed by atoms with Gasteiger partial charge in [-0.3, -0.25) is 0 Å². The first-order chi connectivity index (χ1) is 17.2. The minimum atomic E-state index is -0.0731. The van der Waals surface area contributed by atoms with Crippen molar-refractivity contribution in [2.45, 2.75) is 122 Å². The van der Waals surface area contributed by atoms with Gasteiger partial charge in [-0.1, -0.05) is 76.6 Å². The van der Waals surface area contributed by atoms with Gasteiger partial charge in [0, 0.05) is 18.0 Å². The van der Waals surface area contributed by atoms with Crippen molar-refractivity contribution in [2.75, 3.05) is 0 Å². The number of nitrogens with zero attached hydrogens (tertiary/aromatic N) is 3. The molecule has 2 saturated carbocycles. The number of benzene rings is 1. The lowest BCUT2D eigenvalue weighted by atomic mass is 9.67. The summed E-state index contributed by atoms with van der Waals surface area (Å²) < 4.78 is 0. The van der Waals surface area contributed by atoms with Crippen molar-refractivity contribution in [3.8, 4) is 17.5 Å². The summed E-state index contributed by atoms with van der Waals surface area (Å²) in [6, 6.07) is 11.6. The van der Waals surface area contributed by atoms with E-state index in [-0.39, 0.29) is 5.41 Å². The molecule has 188 valence electrons. The summed E-state index contributed by atoms with van der Waals surface area (Å²) in [6.45, 7) is 4.51. The number of rotatable bonds is 10. The fraction of sp³-hybridized carbons (Fsp3) is 0.656. The number of nitriles is 1. The van der Waals surface area contributed by atoms with Crippen molar-refractivity contribution in [2.24, 2.45) is 11.3 Å². The summed E-state index contributed by atoms with van der Waals surface area (Å²) in [7, 11) is 0. The van der Waals surface area contributed by atoms with Gasteiger partial charge in [0.05, 0.1) is 11.5 Å². The Hall–Kier alpha value is -2.21. The molecule has 1 aromatic heterocycles. The molecule has 35 heavy (non-hydrogen) atoms. The van der Waals surface area contributed by atoms with Crippen LogP contribution in [0.1, 0.15) is 133 Å². The Balaban J connectivity index is 1.30. The van der Waals surface area contributed by atoms with Crippen molar-refractivity contribution in [3.63, 3.8) is 0 Å². The van der Waals surface area contributed by atoms with Crippen LogP contribution in [0.15, 0.2) is 36.7 Å². The highest BCUT2D eigenvalue weighted by Crippen LogP contribution is 2.45. The maximum Gasteiger partial charge on any atom is 0.159 e. The molecule has 0 atom stereocenters. The highest BCUT2D eigenvalue weighted by molar-refractivity contribution is 5.55. The highest BCUT2D eigenvalue weighted by Gasteiger charge is 2.35. The van der Waals surface area contributed by atoms with E-state index < -0.39 is 0 Å². The van der Waals surface area contributed by atoms with Crippen LogP contribution in [-0.2, 0) is 0 Å². The fourth-order valence-electron chi connectivity index (χ4n) is 6.51. The lowest BCUT2D eigenvalue weighted by Crippen LogP contribution is -2.25. The summed E-state index contributed by atoms with van der Waals surface area (Å²) in [4.78, 5) is 9.51. The molecule has 4 rings (SSSR count). The molecule has 0 bridgehead atoms. The lowest BCUT2D eigenvalue weighted by molar-refractivity contribution is 0.224. The molecule has 2 aliphatic carbocycles. The SMILES string of the molecule is CCCCCC1CCC(c2cnc(-c3ccc(C4CCC(C#N)(CCCC)CC4)cc3)nc2)CC1. The zero-order valence-electron chi connectivity index (χ0n) is 22.1. The summed E-state index contributed by atoms with van der Waals surface area (Å²) in [5.41, 5.74) is 3.76. The van der Waals surface area contributed by atoms with Gasteiger partial charge in [0.15, 0.2) is 5.82 Å². The summed E-state index contributed by atoms with van der Waals surface area (Å²) in [6.07, 6.45) is 22.8. The van der Waals surface area contributed by atoms with E-state index in [0.29, 0.717) is 11.8 Å². The lowest BCUT2D eigenvalue weighted by Gasteiger charge is -2.35. The van der Waals surface area contributed by atoms with E-state index in [9.17, 15) is 5.26 Å². The first-order valence-electron chi connectivity index (χ1n) is 14.5. The minimum Gasteiger partial charge on any atom is -0.236 e. The monoisotopic (exact) mass is 471 g/mol. The van der Waals surface area contributed by atoms with Crippen molar-refractivity contribution in [1.82, 2.24) is 9.97 Å². The molecule has 0 N–H and O–H groups in total. The Morgan fingerprint density at radius 1 is 0.800 bits per heavy atom. The average Bonchev–Trinajstić information content (AvgIpc) is 2.93. The molecule has 3 nitrogen and oxygen atoms in total. The maximum atomic E-state index is 9.78. The molecule has 2 aliphatic rings. The standard InChI is InChI=1S/C32H45N3/c1-3-5-7-8-25-9-11-27(12-10-25)30-22-34-31(35-23-30)29-15-13-26(14-16-29)28-17-20-32(24-33,21-18-28)19-6-4-2/h13-16,22-23,25,27-28H,3-12,17-21H2,1-2H3. The molecule has 1 heterocycles. The third-order valence-electron chi connectivity index (χ3n) is 9.03. The van der Waals surface area contributed by atoms with Crippen LogP contribution in [0.2, 0.25) is 0 Å². The van der Waals surface area contributed by atoms with Gasteiger partial charge < -0.3 is 0 Å².